The number of hydrogen-bond donors (Lipinski definition) is 1. The third-order valence-electron chi connectivity index (χ3n) is 3.58. The Labute approximate surface area is 98.7 Å². The minimum atomic E-state index is 0.623. The molecule has 0 radical (unpaired) electrons. The molecule has 1 aromatic rings. The van der Waals surface area contributed by atoms with Crippen LogP contribution in [-0.2, 0) is 6.42 Å². The molecule has 1 aliphatic heterocycles. The first kappa shape index (κ1) is 11.6. The van der Waals surface area contributed by atoms with Crippen LogP contribution in [0.1, 0.15) is 30.0 Å². The predicted octanol–water partition coefficient (Wildman–Crippen LogP) is 2.22. The lowest BCUT2D eigenvalue weighted by Gasteiger charge is -2.34. The van der Waals surface area contributed by atoms with Gasteiger partial charge in [-0.15, -0.1) is 0 Å². The SMILES string of the molecule is CNCCCC1c2ccccc2CCN1C. The molecule has 1 unspecified atom stereocenters. The molecule has 2 nitrogen and oxygen atoms in total. The number of fused-ring (bicyclic) bond motifs is 1. The minimum Gasteiger partial charge on any atom is -0.320 e. The number of rotatable bonds is 4. The van der Waals surface area contributed by atoms with Crippen LogP contribution < -0.4 is 5.32 Å². The molecule has 1 atom stereocenters. The molecule has 1 aromatic carbocycles. The third kappa shape index (κ3) is 2.45. The molecule has 1 heterocycles. The largest absolute Gasteiger partial charge is 0.320 e. The van der Waals surface area contributed by atoms with Crippen molar-refractivity contribution in [2.24, 2.45) is 0 Å². The molecule has 0 saturated carbocycles. The summed E-state index contributed by atoms with van der Waals surface area (Å²) in [6, 6.07) is 9.54. The number of benzene rings is 1. The van der Waals surface area contributed by atoms with Crippen LogP contribution in [0.25, 0.3) is 0 Å². The van der Waals surface area contributed by atoms with E-state index in [2.05, 4.69) is 41.5 Å². The van der Waals surface area contributed by atoms with Crippen LogP contribution >= 0.6 is 0 Å². The van der Waals surface area contributed by atoms with Gasteiger partial charge in [0, 0.05) is 12.6 Å². The molecule has 1 aliphatic rings. The van der Waals surface area contributed by atoms with E-state index in [9.17, 15) is 0 Å². The number of nitrogens with zero attached hydrogens (tertiary/aromatic N) is 1. The average molecular weight is 218 g/mol. The molecular weight excluding hydrogens is 196 g/mol. The fourth-order valence-corrected chi connectivity index (χ4v) is 2.63. The predicted molar refractivity (Wildman–Crippen MR) is 68.7 cm³/mol. The Morgan fingerprint density at radius 1 is 1.38 bits per heavy atom. The van der Waals surface area contributed by atoms with E-state index in [1.807, 2.05) is 7.05 Å². The minimum absolute atomic E-state index is 0.623. The molecule has 0 spiro atoms. The van der Waals surface area contributed by atoms with Crippen LogP contribution in [0, 0.1) is 0 Å². The summed E-state index contributed by atoms with van der Waals surface area (Å²) in [5.74, 6) is 0. The summed E-state index contributed by atoms with van der Waals surface area (Å²) in [6.07, 6.45) is 3.71. The summed E-state index contributed by atoms with van der Waals surface area (Å²) in [5.41, 5.74) is 3.10. The van der Waals surface area contributed by atoms with E-state index in [0.29, 0.717) is 6.04 Å². The fraction of sp³-hybridized carbons (Fsp3) is 0.571. The van der Waals surface area contributed by atoms with Crippen LogP contribution in [-0.4, -0.2) is 32.1 Å². The van der Waals surface area contributed by atoms with Crippen LogP contribution in [0.3, 0.4) is 0 Å². The number of nitrogens with one attached hydrogen (secondary N) is 1. The van der Waals surface area contributed by atoms with Crippen LogP contribution in [0.4, 0.5) is 0 Å². The first-order valence-corrected chi connectivity index (χ1v) is 6.25. The van der Waals surface area contributed by atoms with Crippen molar-refractivity contribution in [1.82, 2.24) is 10.2 Å². The van der Waals surface area contributed by atoms with E-state index in [4.69, 9.17) is 0 Å². The van der Waals surface area contributed by atoms with Gasteiger partial charge < -0.3 is 5.32 Å². The number of hydrogen-bond acceptors (Lipinski definition) is 2. The zero-order chi connectivity index (χ0) is 11.4. The summed E-state index contributed by atoms with van der Waals surface area (Å²) in [6.45, 7) is 2.31. The van der Waals surface area contributed by atoms with Gasteiger partial charge >= 0.3 is 0 Å². The zero-order valence-electron chi connectivity index (χ0n) is 10.4. The van der Waals surface area contributed by atoms with Crippen LogP contribution in [0.2, 0.25) is 0 Å². The molecule has 0 bridgehead atoms. The second-order valence-corrected chi connectivity index (χ2v) is 4.69. The lowest BCUT2D eigenvalue weighted by molar-refractivity contribution is 0.216. The van der Waals surface area contributed by atoms with Gasteiger partial charge in [0.25, 0.3) is 0 Å². The van der Waals surface area contributed by atoms with Gasteiger partial charge in [0.1, 0.15) is 0 Å². The quantitative estimate of drug-likeness (QED) is 0.780. The van der Waals surface area contributed by atoms with Crippen molar-refractivity contribution < 1.29 is 0 Å². The Bertz CT molecular complexity index is 335. The highest BCUT2D eigenvalue weighted by Gasteiger charge is 2.23. The van der Waals surface area contributed by atoms with Crippen molar-refractivity contribution >= 4 is 0 Å². The summed E-state index contributed by atoms with van der Waals surface area (Å²) < 4.78 is 0. The van der Waals surface area contributed by atoms with E-state index < -0.39 is 0 Å². The number of likely N-dealkylation sites (N-methyl/N-ethyl adjacent to an activating group) is 1. The maximum absolute atomic E-state index is 3.23. The van der Waals surface area contributed by atoms with Gasteiger partial charge in [0.05, 0.1) is 0 Å². The lowest BCUT2D eigenvalue weighted by atomic mass is 9.90. The summed E-state index contributed by atoms with van der Waals surface area (Å²) in [7, 11) is 4.28. The summed E-state index contributed by atoms with van der Waals surface area (Å²) >= 11 is 0. The normalized spacial score (nSPS) is 20.8. The monoisotopic (exact) mass is 218 g/mol. The molecule has 2 rings (SSSR count). The smallest absolute Gasteiger partial charge is 0.0348 e. The van der Waals surface area contributed by atoms with Crippen molar-refractivity contribution in [3.8, 4) is 0 Å². The molecular formula is C14H22N2. The van der Waals surface area contributed by atoms with Gasteiger partial charge in [-0.05, 0) is 51.0 Å². The Morgan fingerprint density at radius 3 is 3.00 bits per heavy atom. The maximum atomic E-state index is 3.23. The topological polar surface area (TPSA) is 15.3 Å². The zero-order valence-corrected chi connectivity index (χ0v) is 10.4. The highest BCUT2D eigenvalue weighted by molar-refractivity contribution is 5.32. The summed E-state index contributed by atoms with van der Waals surface area (Å²) in [5, 5.41) is 3.23. The second kappa shape index (κ2) is 5.46. The molecule has 0 aliphatic carbocycles. The average Bonchev–Trinajstić information content (AvgIpc) is 2.32. The van der Waals surface area contributed by atoms with E-state index in [-0.39, 0.29) is 0 Å². The molecule has 0 saturated heterocycles. The van der Waals surface area contributed by atoms with Crippen LogP contribution in [0.15, 0.2) is 24.3 Å². The van der Waals surface area contributed by atoms with Gasteiger partial charge in [-0.3, -0.25) is 4.90 Å². The maximum Gasteiger partial charge on any atom is 0.0348 e. The molecule has 0 amide bonds. The fourth-order valence-electron chi connectivity index (χ4n) is 2.63. The third-order valence-corrected chi connectivity index (χ3v) is 3.58. The van der Waals surface area contributed by atoms with Crippen LogP contribution in [0.5, 0.6) is 0 Å². The Kier molecular flexibility index (Phi) is 3.97. The highest BCUT2D eigenvalue weighted by Crippen LogP contribution is 2.31. The highest BCUT2D eigenvalue weighted by atomic mass is 15.1. The van der Waals surface area contributed by atoms with Crippen molar-refractivity contribution in [2.45, 2.75) is 25.3 Å². The Hall–Kier alpha value is -0.860. The van der Waals surface area contributed by atoms with Gasteiger partial charge in [-0.1, -0.05) is 24.3 Å². The van der Waals surface area contributed by atoms with E-state index in [1.165, 1.54) is 25.8 Å². The molecule has 16 heavy (non-hydrogen) atoms. The van der Waals surface area contributed by atoms with Gasteiger partial charge in [-0.2, -0.15) is 0 Å². The van der Waals surface area contributed by atoms with Crippen molar-refractivity contribution in [3.63, 3.8) is 0 Å². The van der Waals surface area contributed by atoms with Gasteiger partial charge in [0.15, 0.2) is 0 Å². The van der Waals surface area contributed by atoms with Crippen molar-refractivity contribution in [3.05, 3.63) is 35.4 Å². The molecule has 1 N–H and O–H groups in total. The van der Waals surface area contributed by atoms with Crippen molar-refractivity contribution in [1.29, 1.82) is 0 Å². The van der Waals surface area contributed by atoms with E-state index in [1.54, 1.807) is 11.1 Å². The second-order valence-electron chi connectivity index (χ2n) is 4.69. The van der Waals surface area contributed by atoms with Crippen molar-refractivity contribution in [2.75, 3.05) is 27.2 Å². The molecule has 0 fully saturated rings. The lowest BCUT2D eigenvalue weighted by Crippen LogP contribution is -2.32. The standard InChI is InChI=1S/C14H22N2/c1-15-10-5-8-14-13-7-4-3-6-12(13)9-11-16(14)2/h3-4,6-7,14-15H,5,8-11H2,1-2H3. The van der Waals surface area contributed by atoms with Gasteiger partial charge in [-0.25, -0.2) is 0 Å². The first-order valence-electron chi connectivity index (χ1n) is 6.25. The van der Waals surface area contributed by atoms with E-state index in [0.717, 1.165) is 6.54 Å². The van der Waals surface area contributed by atoms with Gasteiger partial charge in [0.2, 0.25) is 0 Å². The molecule has 0 aromatic heterocycles. The summed E-state index contributed by atoms with van der Waals surface area (Å²) in [4.78, 5) is 2.50. The first-order chi connectivity index (χ1) is 7.83. The Morgan fingerprint density at radius 2 is 2.19 bits per heavy atom. The molecule has 2 heteroatoms. The van der Waals surface area contributed by atoms with E-state index >= 15 is 0 Å². The molecule has 88 valence electrons. The Balaban J connectivity index is 2.10.